The molecule has 20 heavy (non-hydrogen) atoms. The largest absolute Gasteiger partial charge is 0.493 e. The lowest BCUT2D eigenvalue weighted by Gasteiger charge is -2.11. The van der Waals surface area contributed by atoms with Crippen molar-refractivity contribution in [1.29, 1.82) is 0 Å². The van der Waals surface area contributed by atoms with Gasteiger partial charge in [-0.1, -0.05) is 12.1 Å². The van der Waals surface area contributed by atoms with Crippen molar-refractivity contribution in [2.45, 2.75) is 26.9 Å². The van der Waals surface area contributed by atoms with Crippen LogP contribution in [0.15, 0.2) is 24.3 Å². The first-order valence-corrected chi connectivity index (χ1v) is 6.66. The van der Waals surface area contributed by atoms with Gasteiger partial charge < -0.3 is 15.2 Å². The molecule has 1 aromatic heterocycles. The number of aromatic nitrogens is 2. The molecule has 2 N–H and O–H groups in total. The van der Waals surface area contributed by atoms with E-state index in [1.807, 2.05) is 42.8 Å². The lowest BCUT2D eigenvalue weighted by atomic mass is 10.2. The molecule has 0 aliphatic rings. The Hall–Kier alpha value is -2.01. The average Bonchev–Trinajstić information content (AvgIpc) is 2.73. The van der Waals surface area contributed by atoms with Crippen molar-refractivity contribution in [1.82, 2.24) is 9.78 Å². The summed E-state index contributed by atoms with van der Waals surface area (Å²) in [6.07, 6.45) is 0. The minimum absolute atomic E-state index is 0.519. The molecule has 0 saturated heterocycles. The van der Waals surface area contributed by atoms with Gasteiger partial charge in [0.25, 0.3) is 0 Å². The van der Waals surface area contributed by atoms with E-state index in [1.165, 1.54) is 0 Å². The van der Waals surface area contributed by atoms with E-state index in [-0.39, 0.29) is 0 Å². The first-order chi connectivity index (χ1) is 9.67. The maximum atomic E-state index is 5.75. The van der Waals surface area contributed by atoms with Gasteiger partial charge in [0.1, 0.15) is 6.61 Å². The van der Waals surface area contributed by atoms with E-state index in [9.17, 15) is 0 Å². The zero-order chi connectivity index (χ0) is 14.5. The van der Waals surface area contributed by atoms with Crippen molar-refractivity contribution < 1.29 is 9.47 Å². The Kier molecular flexibility index (Phi) is 4.63. The van der Waals surface area contributed by atoms with E-state index in [2.05, 4.69) is 5.10 Å². The second-order valence-corrected chi connectivity index (χ2v) is 4.58. The molecule has 2 aromatic rings. The van der Waals surface area contributed by atoms with Crippen molar-refractivity contribution in [3.8, 4) is 11.5 Å². The highest BCUT2D eigenvalue weighted by Gasteiger charge is 2.10. The maximum Gasteiger partial charge on any atom is 0.161 e. The second-order valence-electron chi connectivity index (χ2n) is 4.58. The smallest absolute Gasteiger partial charge is 0.161 e. The number of ether oxygens (including phenoxy) is 2. The van der Waals surface area contributed by atoms with Gasteiger partial charge in [0.05, 0.1) is 19.3 Å². The van der Waals surface area contributed by atoms with Crippen molar-refractivity contribution in [3.63, 3.8) is 0 Å². The number of hydrogen-bond donors (Lipinski definition) is 1. The third kappa shape index (κ3) is 2.93. The molecule has 108 valence electrons. The summed E-state index contributed by atoms with van der Waals surface area (Å²) in [5, 5.41) is 4.48. The van der Waals surface area contributed by atoms with Crippen LogP contribution in [0.1, 0.15) is 17.0 Å². The van der Waals surface area contributed by atoms with E-state index in [0.717, 1.165) is 28.5 Å². The summed E-state index contributed by atoms with van der Waals surface area (Å²) in [6.45, 7) is 5.75. The van der Waals surface area contributed by atoms with Gasteiger partial charge in [0.15, 0.2) is 11.5 Å². The lowest BCUT2D eigenvalue weighted by Crippen LogP contribution is -2.11. The quantitative estimate of drug-likeness (QED) is 0.876. The summed E-state index contributed by atoms with van der Waals surface area (Å²) in [4.78, 5) is 0. The zero-order valence-electron chi connectivity index (χ0n) is 12.2. The minimum atomic E-state index is 0.519. The number of para-hydroxylation sites is 2. The van der Waals surface area contributed by atoms with Gasteiger partial charge in [0, 0.05) is 17.8 Å². The average molecular weight is 275 g/mol. The van der Waals surface area contributed by atoms with Crippen molar-refractivity contribution in [2.75, 3.05) is 13.7 Å². The summed E-state index contributed by atoms with van der Waals surface area (Å²) in [5.41, 5.74) is 8.93. The third-order valence-corrected chi connectivity index (χ3v) is 3.37. The van der Waals surface area contributed by atoms with Crippen LogP contribution in [-0.2, 0) is 13.1 Å². The van der Waals surface area contributed by atoms with Crippen LogP contribution in [0.3, 0.4) is 0 Å². The topological polar surface area (TPSA) is 62.3 Å². The molecule has 2 rings (SSSR count). The van der Waals surface area contributed by atoms with Crippen LogP contribution in [0.5, 0.6) is 11.5 Å². The molecule has 1 heterocycles. The Balaban J connectivity index is 2.00. The second kappa shape index (κ2) is 6.43. The number of benzene rings is 1. The van der Waals surface area contributed by atoms with E-state index in [4.69, 9.17) is 15.2 Å². The number of rotatable bonds is 6. The number of aryl methyl sites for hydroxylation is 1. The highest BCUT2D eigenvalue weighted by molar-refractivity contribution is 5.39. The fourth-order valence-electron chi connectivity index (χ4n) is 2.23. The predicted octanol–water partition coefficient (Wildman–Crippen LogP) is 2.05. The first-order valence-electron chi connectivity index (χ1n) is 6.66. The van der Waals surface area contributed by atoms with Crippen LogP contribution in [0.4, 0.5) is 0 Å². The number of nitrogens with two attached hydrogens (primary N) is 1. The lowest BCUT2D eigenvalue weighted by molar-refractivity contribution is 0.273. The molecule has 0 unspecified atom stereocenters. The Morgan fingerprint density at radius 3 is 2.50 bits per heavy atom. The Morgan fingerprint density at radius 1 is 1.20 bits per heavy atom. The SMILES string of the molecule is COc1ccccc1OCCn1nc(C)c(CN)c1C. The van der Waals surface area contributed by atoms with Crippen LogP contribution < -0.4 is 15.2 Å². The molecule has 1 aromatic carbocycles. The predicted molar refractivity (Wildman–Crippen MR) is 78.1 cm³/mol. The molecule has 0 atom stereocenters. The Morgan fingerprint density at radius 2 is 1.90 bits per heavy atom. The molecule has 0 amide bonds. The van der Waals surface area contributed by atoms with Crippen molar-refractivity contribution in [2.24, 2.45) is 5.73 Å². The van der Waals surface area contributed by atoms with Gasteiger partial charge >= 0.3 is 0 Å². The van der Waals surface area contributed by atoms with Gasteiger partial charge in [-0.2, -0.15) is 5.10 Å². The number of methoxy groups -OCH3 is 1. The molecule has 0 saturated carbocycles. The van der Waals surface area contributed by atoms with Crippen molar-refractivity contribution in [3.05, 3.63) is 41.2 Å². The molecular weight excluding hydrogens is 254 g/mol. The van der Waals surface area contributed by atoms with Crippen LogP contribution in [0.2, 0.25) is 0 Å². The van der Waals surface area contributed by atoms with Crippen LogP contribution >= 0.6 is 0 Å². The fraction of sp³-hybridized carbons (Fsp3) is 0.400. The van der Waals surface area contributed by atoms with E-state index in [0.29, 0.717) is 19.7 Å². The standard InChI is InChI=1S/C15H21N3O2/c1-11-13(10-16)12(2)18(17-11)8-9-20-15-7-5-4-6-14(15)19-3/h4-7H,8-10,16H2,1-3H3. The number of nitrogens with zero attached hydrogens (tertiary/aromatic N) is 2. The number of hydrogen-bond acceptors (Lipinski definition) is 4. The molecule has 0 aliphatic heterocycles. The Labute approximate surface area is 119 Å². The normalized spacial score (nSPS) is 10.6. The summed E-state index contributed by atoms with van der Waals surface area (Å²) in [7, 11) is 1.64. The maximum absolute atomic E-state index is 5.75. The van der Waals surface area contributed by atoms with Crippen LogP contribution in [0.25, 0.3) is 0 Å². The molecule has 0 radical (unpaired) electrons. The molecule has 0 fully saturated rings. The Bertz CT molecular complexity index is 578. The third-order valence-electron chi connectivity index (χ3n) is 3.37. The summed E-state index contributed by atoms with van der Waals surface area (Å²) in [5.74, 6) is 1.49. The first kappa shape index (κ1) is 14.4. The van der Waals surface area contributed by atoms with Crippen molar-refractivity contribution >= 4 is 0 Å². The molecule has 5 nitrogen and oxygen atoms in total. The van der Waals surface area contributed by atoms with Crippen LogP contribution in [-0.4, -0.2) is 23.5 Å². The van der Waals surface area contributed by atoms with Gasteiger partial charge in [-0.25, -0.2) is 0 Å². The highest BCUT2D eigenvalue weighted by Crippen LogP contribution is 2.25. The molecule has 0 spiro atoms. The molecule has 0 bridgehead atoms. The van der Waals surface area contributed by atoms with E-state index >= 15 is 0 Å². The minimum Gasteiger partial charge on any atom is -0.493 e. The van der Waals surface area contributed by atoms with Gasteiger partial charge in [-0.3, -0.25) is 4.68 Å². The van der Waals surface area contributed by atoms with Gasteiger partial charge in [0.2, 0.25) is 0 Å². The molecular formula is C15H21N3O2. The fourth-order valence-corrected chi connectivity index (χ4v) is 2.23. The highest BCUT2D eigenvalue weighted by atomic mass is 16.5. The monoisotopic (exact) mass is 275 g/mol. The van der Waals surface area contributed by atoms with Crippen LogP contribution in [0, 0.1) is 13.8 Å². The van der Waals surface area contributed by atoms with Gasteiger partial charge in [-0.15, -0.1) is 0 Å². The molecule has 5 heteroatoms. The van der Waals surface area contributed by atoms with E-state index in [1.54, 1.807) is 7.11 Å². The van der Waals surface area contributed by atoms with Gasteiger partial charge in [-0.05, 0) is 26.0 Å². The zero-order valence-corrected chi connectivity index (χ0v) is 12.2. The summed E-state index contributed by atoms with van der Waals surface area (Å²) in [6, 6.07) is 7.62. The van der Waals surface area contributed by atoms with E-state index < -0.39 is 0 Å². The molecule has 0 aliphatic carbocycles. The summed E-state index contributed by atoms with van der Waals surface area (Å²) >= 11 is 0. The summed E-state index contributed by atoms with van der Waals surface area (Å²) < 4.78 is 12.9.